The standard InChI is InChI=1S/C21H23FN4O3S/c1-14-5-7-16(30(28,29)25-21(2,3)4)12-17(14)20(27)24-15-6-8-19(18(22)11-15)26-10-9-23-13-26/h5-13,25H,1-4H3,(H,24,27). The SMILES string of the molecule is Cc1ccc(S(=O)(=O)NC(C)(C)C)cc1C(=O)Nc1ccc(-n2ccnc2)c(F)c1. The molecular formula is C21H23FN4O3S. The summed E-state index contributed by atoms with van der Waals surface area (Å²) >= 11 is 0. The van der Waals surface area contributed by atoms with Gasteiger partial charge in [0, 0.05) is 29.2 Å². The number of anilines is 1. The number of nitrogens with zero attached hydrogens (tertiary/aromatic N) is 2. The number of nitrogens with one attached hydrogen (secondary N) is 2. The molecule has 0 aliphatic rings. The van der Waals surface area contributed by atoms with Crippen LogP contribution in [-0.2, 0) is 10.0 Å². The normalized spacial score (nSPS) is 12.0. The Balaban J connectivity index is 1.86. The molecule has 0 saturated heterocycles. The van der Waals surface area contributed by atoms with Gasteiger partial charge in [0.2, 0.25) is 10.0 Å². The highest BCUT2D eigenvalue weighted by Crippen LogP contribution is 2.21. The number of halogens is 1. The quantitative estimate of drug-likeness (QED) is 0.646. The maximum atomic E-state index is 14.4. The predicted octanol–water partition coefficient (Wildman–Crippen LogP) is 3.65. The van der Waals surface area contributed by atoms with Gasteiger partial charge < -0.3 is 9.88 Å². The Hall–Kier alpha value is -3.04. The van der Waals surface area contributed by atoms with E-state index in [2.05, 4.69) is 15.0 Å². The molecule has 1 amide bonds. The Kier molecular flexibility index (Phi) is 5.78. The molecule has 3 aromatic rings. The van der Waals surface area contributed by atoms with Crippen molar-refractivity contribution < 1.29 is 17.6 Å². The van der Waals surface area contributed by atoms with Crippen LogP contribution in [0.2, 0.25) is 0 Å². The fourth-order valence-corrected chi connectivity index (χ4v) is 4.31. The Morgan fingerprint density at radius 2 is 1.87 bits per heavy atom. The Morgan fingerprint density at radius 3 is 2.47 bits per heavy atom. The summed E-state index contributed by atoms with van der Waals surface area (Å²) < 4.78 is 43.7. The molecule has 7 nitrogen and oxygen atoms in total. The van der Waals surface area contributed by atoms with Crippen LogP contribution in [0.5, 0.6) is 0 Å². The summed E-state index contributed by atoms with van der Waals surface area (Å²) in [6.07, 6.45) is 4.61. The largest absolute Gasteiger partial charge is 0.322 e. The summed E-state index contributed by atoms with van der Waals surface area (Å²) in [6, 6.07) is 8.61. The van der Waals surface area contributed by atoms with Crippen molar-refractivity contribution in [2.24, 2.45) is 0 Å². The molecule has 30 heavy (non-hydrogen) atoms. The van der Waals surface area contributed by atoms with Crippen LogP contribution in [-0.4, -0.2) is 29.4 Å². The van der Waals surface area contributed by atoms with Crippen LogP contribution in [0.3, 0.4) is 0 Å². The number of hydrogen-bond acceptors (Lipinski definition) is 4. The first-order chi connectivity index (χ1) is 14.0. The molecule has 1 heterocycles. The van der Waals surface area contributed by atoms with Crippen molar-refractivity contribution in [3.05, 3.63) is 72.1 Å². The van der Waals surface area contributed by atoms with Gasteiger partial charge in [0.05, 0.1) is 16.9 Å². The number of sulfonamides is 1. The molecule has 2 N–H and O–H groups in total. The van der Waals surface area contributed by atoms with Crippen LogP contribution in [0.1, 0.15) is 36.7 Å². The minimum Gasteiger partial charge on any atom is -0.322 e. The van der Waals surface area contributed by atoms with E-state index in [9.17, 15) is 17.6 Å². The highest BCUT2D eigenvalue weighted by Gasteiger charge is 2.23. The molecule has 0 unspecified atom stereocenters. The first kappa shape index (κ1) is 21.7. The third-order valence-corrected chi connectivity index (χ3v) is 5.95. The second kappa shape index (κ2) is 8.00. The van der Waals surface area contributed by atoms with Crippen molar-refractivity contribution in [2.45, 2.75) is 38.1 Å². The molecule has 0 spiro atoms. The number of hydrogen-bond donors (Lipinski definition) is 2. The highest BCUT2D eigenvalue weighted by atomic mass is 32.2. The molecule has 0 aliphatic heterocycles. The van der Waals surface area contributed by atoms with Gasteiger partial charge in [-0.2, -0.15) is 0 Å². The molecule has 0 fully saturated rings. The van der Waals surface area contributed by atoms with E-state index in [4.69, 9.17) is 0 Å². The van der Waals surface area contributed by atoms with E-state index in [0.717, 1.165) is 0 Å². The number of carbonyl (C=O) groups is 1. The summed E-state index contributed by atoms with van der Waals surface area (Å²) in [5.74, 6) is -1.07. The monoisotopic (exact) mass is 430 g/mol. The van der Waals surface area contributed by atoms with E-state index in [0.29, 0.717) is 11.3 Å². The zero-order valence-electron chi connectivity index (χ0n) is 17.1. The van der Waals surface area contributed by atoms with Crippen molar-refractivity contribution in [1.29, 1.82) is 0 Å². The van der Waals surface area contributed by atoms with E-state index in [1.54, 1.807) is 46.0 Å². The number of benzene rings is 2. The minimum absolute atomic E-state index is 0.0187. The van der Waals surface area contributed by atoms with Crippen LogP contribution in [0.25, 0.3) is 5.69 Å². The first-order valence-electron chi connectivity index (χ1n) is 9.20. The van der Waals surface area contributed by atoms with E-state index in [-0.39, 0.29) is 16.1 Å². The smallest absolute Gasteiger partial charge is 0.255 e. The average Bonchev–Trinajstić information content (AvgIpc) is 3.14. The minimum atomic E-state index is -3.80. The lowest BCUT2D eigenvalue weighted by Gasteiger charge is -2.20. The predicted molar refractivity (Wildman–Crippen MR) is 113 cm³/mol. The van der Waals surface area contributed by atoms with Crippen molar-refractivity contribution in [3.8, 4) is 5.69 Å². The van der Waals surface area contributed by atoms with Gasteiger partial charge in [-0.3, -0.25) is 4.79 Å². The summed E-state index contributed by atoms with van der Waals surface area (Å²) in [6.45, 7) is 6.89. The van der Waals surface area contributed by atoms with Gasteiger partial charge in [-0.1, -0.05) is 6.07 Å². The van der Waals surface area contributed by atoms with Gasteiger partial charge >= 0.3 is 0 Å². The van der Waals surface area contributed by atoms with Gasteiger partial charge in [-0.05, 0) is 63.6 Å². The summed E-state index contributed by atoms with van der Waals surface area (Å²) in [5.41, 5.74) is 0.661. The van der Waals surface area contributed by atoms with Gasteiger partial charge in [-0.25, -0.2) is 22.5 Å². The van der Waals surface area contributed by atoms with E-state index in [1.165, 1.54) is 41.4 Å². The number of aryl methyl sites for hydroxylation is 1. The summed E-state index contributed by atoms with van der Waals surface area (Å²) in [5, 5.41) is 2.62. The van der Waals surface area contributed by atoms with E-state index >= 15 is 0 Å². The fourth-order valence-electron chi connectivity index (χ4n) is 2.87. The van der Waals surface area contributed by atoms with Crippen LogP contribution in [0.15, 0.2) is 60.0 Å². The third-order valence-electron chi connectivity index (χ3n) is 4.19. The molecular weight excluding hydrogens is 407 g/mol. The highest BCUT2D eigenvalue weighted by molar-refractivity contribution is 7.89. The second-order valence-electron chi connectivity index (χ2n) is 7.92. The number of aromatic nitrogens is 2. The number of amides is 1. The van der Waals surface area contributed by atoms with Crippen molar-refractivity contribution in [3.63, 3.8) is 0 Å². The van der Waals surface area contributed by atoms with Crippen molar-refractivity contribution in [2.75, 3.05) is 5.32 Å². The van der Waals surface area contributed by atoms with Gasteiger partial charge in [0.15, 0.2) is 0 Å². The Morgan fingerprint density at radius 1 is 1.13 bits per heavy atom. The Bertz CT molecular complexity index is 1180. The number of rotatable bonds is 5. The lowest BCUT2D eigenvalue weighted by atomic mass is 10.1. The lowest BCUT2D eigenvalue weighted by Crippen LogP contribution is -2.40. The maximum absolute atomic E-state index is 14.4. The van der Waals surface area contributed by atoms with Crippen molar-refractivity contribution in [1.82, 2.24) is 14.3 Å². The van der Waals surface area contributed by atoms with Gasteiger partial charge in [-0.15, -0.1) is 0 Å². The van der Waals surface area contributed by atoms with E-state index < -0.39 is 27.3 Å². The van der Waals surface area contributed by atoms with Crippen molar-refractivity contribution >= 4 is 21.6 Å². The molecule has 1 aromatic heterocycles. The molecule has 0 radical (unpaired) electrons. The maximum Gasteiger partial charge on any atom is 0.255 e. The van der Waals surface area contributed by atoms with Crippen LogP contribution in [0.4, 0.5) is 10.1 Å². The molecule has 9 heteroatoms. The molecule has 0 atom stereocenters. The molecule has 2 aromatic carbocycles. The average molecular weight is 431 g/mol. The zero-order chi connectivity index (χ0) is 22.1. The number of carbonyl (C=O) groups excluding carboxylic acids is 1. The molecule has 0 bridgehead atoms. The Labute approximate surface area is 175 Å². The van der Waals surface area contributed by atoms with Crippen LogP contribution in [0, 0.1) is 12.7 Å². The molecule has 0 aliphatic carbocycles. The summed E-state index contributed by atoms with van der Waals surface area (Å²) in [4.78, 5) is 16.6. The number of imidazole rings is 1. The second-order valence-corrected chi connectivity index (χ2v) is 9.60. The third kappa shape index (κ3) is 4.92. The van der Waals surface area contributed by atoms with Gasteiger partial charge in [0.1, 0.15) is 5.82 Å². The molecule has 3 rings (SSSR count). The van der Waals surface area contributed by atoms with Crippen LogP contribution < -0.4 is 10.0 Å². The fraction of sp³-hybridized carbons (Fsp3) is 0.238. The van der Waals surface area contributed by atoms with Gasteiger partial charge in [0.25, 0.3) is 5.91 Å². The zero-order valence-corrected chi connectivity index (χ0v) is 17.9. The molecule has 158 valence electrons. The topological polar surface area (TPSA) is 93.1 Å². The molecule has 0 saturated carbocycles. The van der Waals surface area contributed by atoms with E-state index in [1.807, 2.05) is 0 Å². The first-order valence-corrected chi connectivity index (χ1v) is 10.7. The summed E-state index contributed by atoms with van der Waals surface area (Å²) in [7, 11) is -3.80. The lowest BCUT2D eigenvalue weighted by molar-refractivity contribution is 0.102. The van der Waals surface area contributed by atoms with Crippen LogP contribution >= 0.6 is 0 Å².